The van der Waals surface area contributed by atoms with Crippen LogP contribution in [0, 0.1) is 31.3 Å². The average molecular weight is 525 g/mol. The quantitative estimate of drug-likeness (QED) is 0.275. The van der Waals surface area contributed by atoms with E-state index in [1.54, 1.807) is 19.0 Å². The summed E-state index contributed by atoms with van der Waals surface area (Å²) in [5.74, 6) is -8.40. The minimum atomic E-state index is -3.44. The molecule has 3 aromatic heterocycles. The summed E-state index contributed by atoms with van der Waals surface area (Å²) >= 11 is 6.09. The molecule has 3 aromatic rings. The highest BCUT2D eigenvalue weighted by molar-refractivity contribution is 6.31. The van der Waals surface area contributed by atoms with Gasteiger partial charge < -0.3 is 19.8 Å². The number of nitrogens with zero attached hydrogens (tertiary/aromatic N) is 4. The number of hydrogen-bond acceptors (Lipinski definition) is 8. The van der Waals surface area contributed by atoms with Crippen molar-refractivity contribution in [2.24, 2.45) is 0 Å². The third-order valence-electron chi connectivity index (χ3n) is 4.83. The highest BCUT2D eigenvalue weighted by Gasteiger charge is 2.36. The number of carbonyl (C=O) groups is 1. The molecule has 2 N–H and O–H groups in total. The zero-order valence-electron chi connectivity index (χ0n) is 19.4. The van der Waals surface area contributed by atoms with Gasteiger partial charge in [-0.3, -0.25) is 14.2 Å². The molecule has 0 aliphatic rings. The van der Waals surface area contributed by atoms with Gasteiger partial charge in [-0.25, -0.2) is 23.1 Å². The Morgan fingerprint density at radius 1 is 1.17 bits per heavy atom. The Bertz CT molecular complexity index is 1440. The predicted molar refractivity (Wildman–Crippen MR) is 122 cm³/mol. The van der Waals surface area contributed by atoms with Crippen LogP contribution in [0.1, 0.15) is 27.4 Å². The van der Waals surface area contributed by atoms with E-state index in [1.807, 2.05) is 0 Å². The van der Waals surface area contributed by atoms with Gasteiger partial charge in [-0.05, 0) is 19.4 Å². The Morgan fingerprint density at radius 2 is 1.83 bits per heavy atom. The molecule has 0 radical (unpaired) electrons. The van der Waals surface area contributed by atoms with E-state index in [4.69, 9.17) is 16.3 Å². The molecule has 36 heavy (non-hydrogen) atoms. The molecule has 0 spiro atoms. The third-order valence-corrected chi connectivity index (χ3v) is 5.17. The highest BCUT2D eigenvalue weighted by atomic mass is 35.5. The van der Waals surface area contributed by atoms with E-state index in [9.17, 15) is 28.6 Å². The lowest BCUT2D eigenvalue weighted by Gasteiger charge is -2.24. The molecule has 190 valence electrons. The molecule has 0 atom stereocenters. The molecular formula is C23H20ClF3N4O5. The molecule has 0 bridgehead atoms. The van der Waals surface area contributed by atoms with Gasteiger partial charge in [0.15, 0.2) is 23.1 Å². The number of pyridine rings is 3. The average Bonchev–Trinajstić information content (AvgIpc) is 2.77. The van der Waals surface area contributed by atoms with Crippen molar-refractivity contribution in [2.75, 3.05) is 14.1 Å². The van der Waals surface area contributed by atoms with E-state index in [0.717, 1.165) is 16.7 Å². The van der Waals surface area contributed by atoms with Crippen LogP contribution >= 0.6 is 11.6 Å². The second kappa shape index (κ2) is 10.1. The molecule has 0 unspecified atom stereocenters. The summed E-state index contributed by atoms with van der Waals surface area (Å²) in [6.45, 7) is 2.81. The lowest BCUT2D eigenvalue weighted by molar-refractivity contribution is -0.308. The lowest BCUT2D eigenvalue weighted by Crippen LogP contribution is -2.36. The van der Waals surface area contributed by atoms with Crippen LogP contribution in [0.4, 0.5) is 13.2 Å². The first kappa shape index (κ1) is 26.9. The van der Waals surface area contributed by atoms with Gasteiger partial charge >= 0.3 is 5.97 Å². The number of hydrogen-bond donors (Lipinski definition) is 2. The summed E-state index contributed by atoms with van der Waals surface area (Å²) < 4.78 is 48.3. The number of halogens is 4. The van der Waals surface area contributed by atoms with Crippen molar-refractivity contribution in [3.05, 3.63) is 92.3 Å². The van der Waals surface area contributed by atoms with E-state index < -0.39 is 56.9 Å². The zero-order chi connectivity index (χ0) is 26.9. The van der Waals surface area contributed by atoms with Crippen molar-refractivity contribution < 1.29 is 32.9 Å². The zero-order valence-corrected chi connectivity index (χ0v) is 20.1. The van der Waals surface area contributed by atoms with Crippen molar-refractivity contribution in [3.8, 4) is 11.4 Å². The monoisotopic (exact) mass is 524 g/mol. The van der Waals surface area contributed by atoms with Crippen LogP contribution in [0.2, 0.25) is 5.02 Å². The van der Waals surface area contributed by atoms with Crippen molar-refractivity contribution in [2.45, 2.75) is 19.8 Å². The van der Waals surface area contributed by atoms with Gasteiger partial charge in [0.1, 0.15) is 16.5 Å². The summed E-state index contributed by atoms with van der Waals surface area (Å²) in [5, 5.41) is 19.7. The fourth-order valence-electron chi connectivity index (χ4n) is 3.20. The molecule has 9 nitrogen and oxygen atoms in total. The second-order valence-corrected chi connectivity index (χ2v) is 8.27. The molecular weight excluding hydrogens is 505 g/mol. The van der Waals surface area contributed by atoms with Crippen LogP contribution < -0.4 is 10.3 Å². The van der Waals surface area contributed by atoms with E-state index >= 15 is 4.39 Å². The Morgan fingerprint density at radius 3 is 2.44 bits per heavy atom. The Kier molecular flexibility index (Phi) is 7.53. The van der Waals surface area contributed by atoms with Crippen molar-refractivity contribution >= 4 is 17.4 Å². The van der Waals surface area contributed by atoms with Gasteiger partial charge in [0.25, 0.3) is 5.56 Å². The first-order chi connectivity index (χ1) is 16.7. The van der Waals surface area contributed by atoms with Gasteiger partial charge in [0, 0.05) is 50.4 Å². The van der Waals surface area contributed by atoms with Gasteiger partial charge in [-0.1, -0.05) is 11.6 Å². The maximum atomic E-state index is 15.4. The summed E-state index contributed by atoms with van der Waals surface area (Å²) in [6, 6.07) is 1.40. The van der Waals surface area contributed by atoms with Crippen molar-refractivity contribution in [1.82, 2.24) is 19.4 Å². The summed E-state index contributed by atoms with van der Waals surface area (Å²) in [6.07, 6.45) is 4.23. The number of rotatable bonds is 7. The number of aliphatic hydroxyl groups is 2. The van der Waals surface area contributed by atoms with Gasteiger partial charge in [-0.15, -0.1) is 0 Å². The smallest absolute Gasteiger partial charge is 0.372 e. The maximum Gasteiger partial charge on any atom is 0.372 e. The molecule has 0 amide bonds. The minimum absolute atomic E-state index is 0.00169. The van der Waals surface area contributed by atoms with Crippen LogP contribution in [0.15, 0.2) is 41.6 Å². The standard InChI is InChI=1S/C23H20ClF3N4O5/c1-11-9-28-19(15(32)5-6-30(3)4)18(27)20(11)31-12(2)7-16(17(24)22(31)33)36-23(34,35)21-14(26)8-13(25)10-29-21/h5-10,34-35H,1-4H3/b6-5+. The first-order valence-electron chi connectivity index (χ1n) is 10.2. The Balaban J connectivity index is 2.11. The van der Waals surface area contributed by atoms with Crippen LogP contribution in [0.25, 0.3) is 5.69 Å². The lowest BCUT2D eigenvalue weighted by atomic mass is 10.1. The number of allylic oxidation sites excluding steroid dienone is 1. The first-order valence-corrected chi connectivity index (χ1v) is 10.5. The number of aromatic nitrogens is 3. The largest absolute Gasteiger partial charge is 0.433 e. The van der Waals surface area contributed by atoms with Crippen molar-refractivity contribution in [3.63, 3.8) is 0 Å². The molecule has 0 aromatic carbocycles. The Labute approximate surface area is 207 Å². The number of aryl methyl sites for hydroxylation is 2. The SMILES string of the molecule is Cc1cnc(C(=O)/C=C/N(C)C)c(F)c1-n1c(C)cc(OC(O)(O)c2ncc(F)cc2F)c(Cl)c1=O. The normalized spacial score (nSPS) is 11.7. The highest BCUT2D eigenvalue weighted by Crippen LogP contribution is 2.31. The van der Waals surface area contributed by atoms with E-state index in [1.165, 1.54) is 26.2 Å². The number of ketones is 1. The molecule has 0 saturated heterocycles. The van der Waals surface area contributed by atoms with Crippen LogP contribution in [0.3, 0.4) is 0 Å². The fourth-order valence-corrected chi connectivity index (χ4v) is 3.37. The van der Waals surface area contributed by atoms with Crippen LogP contribution in [0.5, 0.6) is 5.75 Å². The molecule has 0 aliphatic heterocycles. The summed E-state index contributed by atoms with van der Waals surface area (Å²) in [5.41, 5.74) is -2.81. The topological polar surface area (TPSA) is 118 Å². The molecule has 0 aliphatic carbocycles. The van der Waals surface area contributed by atoms with E-state index in [2.05, 4.69) is 9.97 Å². The van der Waals surface area contributed by atoms with Crippen molar-refractivity contribution in [1.29, 1.82) is 0 Å². The molecule has 3 rings (SSSR count). The Hall–Kier alpha value is -3.74. The number of carbonyl (C=O) groups excluding carboxylic acids is 1. The van der Waals surface area contributed by atoms with E-state index in [0.29, 0.717) is 12.3 Å². The maximum absolute atomic E-state index is 15.4. The molecule has 0 saturated carbocycles. The predicted octanol–water partition coefficient (Wildman–Crippen LogP) is 2.75. The summed E-state index contributed by atoms with van der Waals surface area (Å²) in [4.78, 5) is 34.2. The van der Waals surface area contributed by atoms with E-state index in [-0.39, 0.29) is 16.9 Å². The fraction of sp³-hybridized carbons (Fsp3) is 0.217. The molecule has 0 fully saturated rings. The second-order valence-electron chi connectivity index (χ2n) is 7.89. The molecule has 3 heterocycles. The molecule has 13 heteroatoms. The van der Waals surface area contributed by atoms with Gasteiger partial charge in [0.2, 0.25) is 5.78 Å². The van der Waals surface area contributed by atoms with Gasteiger partial charge in [0.05, 0.1) is 11.9 Å². The van der Waals surface area contributed by atoms with Crippen LogP contribution in [-0.2, 0) is 5.97 Å². The van der Waals surface area contributed by atoms with Gasteiger partial charge in [-0.2, -0.15) is 0 Å². The third kappa shape index (κ3) is 5.25. The number of ether oxygens (including phenoxy) is 1. The summed E-state index contributed by atoms with van der Waals surface area (Å²) in [7, 11) is 3.33. The van der Waals surface area contributed by atoms with Crippen LogP contribution in [-0.4, -0.2) is 49.5 Å². The minimum Gasteiger partial charge on any atom is -0.433 e.